The van der Waals surface area contributed by atoms with E-state index in [1.54, 1.807) is 13.2 Å². The Morgan fingerprint density at radius 1 is 1.15 bits per heavy atom. The zero-order chi connectivity index (χ0) is 23.5. The number of aryl methyl sites for hydroxylation is 1. The highest BCUT2D eigenvalue weighted by Gasteiger charge is 2.19. The quantitative estimate of drug-likeness (QED) is 0.228. The Balaban J connectivity index is 1.69. The van der Waals surface area contributed by atoms with Gasteiger partial charge in [-0.25, -0.2) is 4.98 Å². The third kappa shape index (κ3) is 4.54. The Bertz CT molecular complexity index is 1370. The van der Waals surface area contributed by atoms with Crippen LogP contribution in [0.15, 0.2) is 65.8 Å². The van der Waals surface area contributed by atoms with Crippen LogP contribution in [0.25, 0.3) is 16.7 Å². The molecular weight excluding hydrogens is 440 g/mol. The molecule has 0 unspecified atom stereocenters. The lowest BCUT2D eigenvalue weighted by molar-refractivity contribution is -0.384. The Morgan fingerprint density at radius 3 is 2.70 bits per heavy atom. The third-order valence-electron chi connectivity index (χ3n) is 5.36. The summed E-state index contributed by atoms with van der Waals surface area (Å²) in [6.45, 7) is 3.96. The molecule has 4 aromatic rings. The largest absolute Gasteiger partial charge is 0.495 e. The molecule has 1 heterocycles. The maximum Gasteiger partial charge on any atom is 0.271 e. The first-order valence-corrected chi connectivity index (χ1v) is 11.2. The first-order valence-electron chi connectivity index (χ1n) is 10.2. The van der Waals surface area contributed by atoms with Crippen molar-refractivity contribution in [3.63, 3.8) is 0 Å². The minimum Gasteiger partial charge on any atom is -0.495 e. The summed E-state index contributed by atoms with van der Waals surface area (Å²) in [5.41, 5.74) is 4.72. The van der Waals surface area contributed by atoms with E-state index in [4.69, 9.17) is 4.74 Å². The summed E-state index contributed by atoms with van der Waals surface area (Å²) in [5.74, 6) is 0.573. The van der Waals surface area contributed by atoms with Gasteiger partial charge in [0.25, 0.3) is 5.69 Å². The topological polar surface area (TPSA) is 99.3 Å². The highest BCUT2D eigenvalue weighted by atomic mass is 32.2. The molecule has 1 amide bonds. The number of ether oxygens (including phenoxy) is 1. The van der Waals surface area contributed by atoms with E-state index < -0.39 is 4.92 Å². The number of rotatable bonds is 7. The first-order chi connectivity index (χ1) is 15.9. The van der Waals surface area contributed by atoms with Crippen LogP contribution >= 0.6 is 11.8 Å². The maximum atomic E-state index is 12.7. The lowest BCUT2D eigenvalue weighted by atomic mass is 10.1. The van der Waals surface area contributed by atoms with Gasteiger partial charge in [0.2, 0.25) is 5.91 Å². The molecule has 0 aliphatic carbocycles. The SMILES string of the molecule is COc1ccccc1-n1c(SCC(=O)Nc2cccc(C)c2C)nc2cc([N+](=O)[O-])ccc21. The highest BCUT2D eigenvalue weighted by molar-refractivity contribution is 7.99. The number of thioether (sulfide) groups is 1. The van der Waals surface area contributed by atoms with E-state index in [0.29, 0.717) is 21.9 Å². The molecule has 0 spiro atoms. The van der Waals surface area contributed by atoms with E-state index in [1.807, 2.05) is 60.9 Å². The standard InChI is InChI=1S/C24H22N4O4S/c1-15-7-6-8-18(16(15)2)25-23(29)14-33-24-26-19-13-17(28(30)31)11-12-20(19)27(24)21-9-4-5-10-22(21)32-3/h4-13H,14H2,1-3H3,(H,25,29). The molecule has 0 saturated heterocycles. The minimum atomic E-state index is -0.452. The van der Waals surface area contributed by atoms with Crippen molar-refractivity contribution in [2.75, 3.05) is 18.2 Å². The molecule has 9 heteroatoms. The summed E-state index contributed by atoms with van der Waals surface area (Å²) in [6.07, 6.45) is 0. The number of nitro groups is 1. The van der Waals surface area contributed by atoms with E-state index in [2.05, 4.69) is 10.3 Å². The second-order valence-corrected chi connectivity index (χ2v) is 8.36. The number of aromatic nitrogens is 2. The average Bonchev–Trinajstić information content (AvgIpc) is 3.18. The van der Waals surface area contributed by atoms with E-state index in [9.17, 15) is 14.9 Å². The summed E-state index contributed by atoms with van der Waals surface area (Å²) in [7, 11) is 1.58. The van der Waals surface area contributed by atoms with Gasteiger partial charge in [0.1, 0.15) is 5.75 Å². The molecule has 1 N–H and O–H groups in total. The molecule has 3 aromatic carbocycles. The molecule has 0 radical (unpaired) electrons. The van der Waals surface area contributed by atoms with Crippen molar-refractivity contribution >= 4 is 40.1 Å². The van der Waals surface area contributed by atoms with Gasteiger partial charge in [0.05, 0.1) is 34.5 Å². The van der Waals surface area contributed by atoms with Crippen molar-refractivity contribution in [2.24, 2.45) is 0 Å². The number of non-ortho nitro benzene ring substituents is 1. The van der Waals surface area contributed by atoms with Crippen molar-refractivity contribution in [1.29, 1.82) is 0 Å². The monoisotopic (exact) mass is 462 g/mol. The van der Waals surface area contributed by atoms with Crippen LogP contribution in [0.5, 0.6) is 5.75 Å². The predicted octanol–water partition coefficient (Wildman–Crippen LogP) is 5.29. The molecule has 0 atom stereocenters. The van der Waals surface area contributed by atoms with Crippen molar-refractivity contribution in [3.05, 3.63) is 81.9 Å². The summed E-state index contributed by atoms with van der Waals surface area (Å²) in [6, 6.07) is 17.7. The summed E-state index contributed by atoms with van der Waals surface area (Å²) >= 11 is 1.25. The summed E-state index contributed by atoms with van der Waals surface area (Å²) in [4.78, 5) is 28.1. The van der Waals surface area contributed by atoms with E-state index in [0.717, 1.165) is 22.5 Å². The van der Waals surface area contributed by atoms with Crippen molar-refractivity contribution in [2.45, 2.75) is 19.0 Å². The molecule has 4 rings (SSSR count). The van der Waals surface area contributed by atoms with E-state index >= 15 is 0 Å². The highest BCUT2D eigenvalue weighted by Crippen LogP contribution is 2.34. The number of hydrogen-bond acceptors (Lipinski definition) is 6. The molecule has 8 nitrogen and oxygen atoms in total. The number of para-hydroxylation sites is 2. The number of carbonyl (C=O) groups is 1. The van der Waals surface area contributed by atoms with Crippen LogP contribution in [0.3, 0.4) is 0 Å². The number of amides is 1. The average molecular weight is 463 g/mol. The fourth-order valence-electron chi connectivity index (χ4n) is 3.51. The number of fused-ring (bicyclic) bond motifs is 1. The minimum absolute atomic E-state index is 0.0450. The number of nitrogens with zero attached hydrogens (tertiary/aromatic N) is 3. The third-order valence-corrected chi connectivity index (χ3v) is 6.29. The van der Waals surface area contributed by atoms with Crippen LogP contribution in [0.2, 0.25) is 0 Å². The lowest BCUT2D eigenvalue weighted by Crippen LogP contribution is -2.15. The normalized spacial score (nSPS) is 10.9. The molecule has 1 aromatic heterocycles. The zero-order valence-corrected chi connectivity index (χ0v) is 19.2. The van der Waals surface area contributed by atoms with Crippen LogP contribution in [-0.2, 0) is 4.79 Å². The van der Waals surface area contributed by atoms with Crippen LogP contribution in [-0.4, -0.2) is 33.2 Å². The smallest absolute Gasteiger partial charge is 0.271 e. The van der Waals surface area contributed by atoms with E-state index in [1.165, 1.54) is 23.9 Å². The van der Waals surface area contributed by atoms with Crippen LogP contribution in [0, 0.1) is 24.0 Å². The number of carbonyl (C=O) groups excluding carboxylic acids is 1. The number of imidazole rings is 1. The summed E-state index contributed by atoms with van der Waals surface area (Å²) < 4.78 is 7.37. The van der Waals surface area contributed by atoms with Gasteiger partial charge < -0.3 is 10.1 Å². The maximum absolute atomic E-state index is 12.7. The Morgan fingerprint density at radius 2 is 1.94 bits per heavy atom. The van der Waals surface area contributed by atoms with Crippen molar-refractivity contribution in [3.8, 4) is 11.4 Å². The summed E-state index contributed by atoms with van der Waals surface area (Å²) in [5, 5.41) is 14.7. The molecule has 0 bridgehead atoms. The van der Waals surface area contributed by atoms with Gasteiger partial charge in [0, 0.05) is 17.8 Å². The molecule has 0 aliphatic heterocycles. The van der Waals surface area contributed by atoms with Crippen LogP contribution < -0.4 is 10.1 Å². The van der Waals surface area contributed by atoms with Gasteiger partial charge in [-0.15, -0.1) is 0 Å². The van der Waals surface area contributed by atoms with Crippen molar-refractivity contribution in [1.82, 2.24) is 9.55 Å². The predicted molar refractivity (Wildman–Crippen MR) is 130 cm³/mol. The van der Waals surface area contributed by atoms with Gasteiger partial charge >= 0.3 is 0 Å². The Kier molecular flexibility index (Phi) is 6.32. The number of nitrogens with one attached hydrogen (secondary N) is 1. The lowest BCUT2D eigenvalue weighted by Gasteiger charge is -2.13. The number of anilines is 1. The number of hydrogen-bond donors (Lipinski definition) is 1. The second kappa shape index (κ2) is 9.33. The molecular formula is C24H22N4O4S. The molecule has 0 aliphatic rings. The molecule has 0 fully saturated rings. The number of methoxy groups -OCH3 is 1. The number of nitro benzene ring substituents is 1. The van der Waals surface area contributed by atoms with E-state index in [-0.39, 0.29) is 17.3 Å². The number of benzene rings is 3. The van der Waals surface area contributed by atoms with Crippen LogP contribution in [0.1, 0.15) is 11.1 Å². The molecule has 0 saturated carbocycles. The van der Waals surface area contributed by atoms with Gasteiger partial charge in [-0.3, -0.25) is 19.5 Å². The Hall–Kier alpha value is -3.85. The van der Waals surface area contributed by atoms with Gasteiger partial charge in [0.15, 0.2) is 5.16 Å². The first kappa shape index (κ1) is 22.3. The molecule has 33 heavy (non-hydrogen) atoms. The van der Waals surface area contributed by atoms with Gasteiger partial charge in [-0.05, 0) is 49.2 Å². The van der Waals surface area contributed by atoms with Gasteiger partial charge in [-0.2, -0.15) is 0 Å². The Labute approximate surface area is 194 Å². The molecule has 168 valence electrons. The van der Waals surface area contributed by atoms with Crippen molar-refractivity contribution < 1.29 is 14.5 Å². The van der Waals surface area contributed by atoms with Gasteiger partial charge in [-0.1, -0.05) is 36.0 Å². The second-order valence-electron chi connectivity index (χ2n) is 7.42. The van der Waals surface area contributed by atoms with Crippen LogP contribution in [0.4, 0.5) is 11.4 Å². The fraction of sp³-hybridized carbons (Fsp3) is 0.167. The fourth-order valence-corrected chi connectivity index (χ4v) is 4.33. The zero-order valence-electron chi connectivity index (χ0n) is 18.4.